The minimum atomic E-state index is -0.247. The molecule has 1 unspecified atom stereocenters. The Morgan fingerprint density at radius 2 is 2.44 bits per heavy atom. The number of anilines is 1. The molecule has 2 heterocycles. The predicted octanol–water partition coefficient (Wildman–Crippen LogP) is 0.646. The van der Waals surface area contributed by atoms with Gasteiger partial charge in [-0.3, -0.25) is 9.78 Å². The first-order valence-corrected chi connectivity index (χ1v) is 5.01. The first kappa shape index (κ1) is 10.6. The number of carbonyl (C=O) groups is 2. The number of hydrogen-bond acceptors (Lipinski definition) is 5. The predicted molar refractivity (Wildman–Crippen MR) is 57.4 cm³/mol. The Hall–Kier alpha value is -1.91. The topological polar surface area (TPSA) is 59.5 Å². The number of aldehydes is 1. The first-order chi connectivity index (χ1) is 7.76. The zero-order chi connectivity index (χ0) is 11.5. The Balaban J connectivity index is 2.18. The van der Waals surface area contributed by atoms with E-state index >= 15 is 0 Å². The summed E-state index contributed by atoms with van der Waals surface area (Å²) >= 11 is 0. The van der Waals surface area contributed by atoms with Crippen molar-refractivity contribution in [2.24, 2.45) is 0 Å². The minimum Gasteiger partial charge on any atom is -0.467 e. The summed E-state index contributed by atoms with van der Waals surface area (Å²) in [5, 5.41) is 0. The van der Waals surface area contributed by atoms with E-state index in [-0.39, 0.29) is 12.0 Å². The highest BCUT2D eigenvalue weighted by molar-refractivity contribution is 5.83. The van der Waals surface area contributed by atoms with Crippen molar-refractivity contribution < 1.29 is 14.3 Å². The molecule has 1 aromatic heterocycles. The molecular formula is C11H12N2O3. The van der Waals surface area contributed by atoms with Crippen LogP contribution in [0.4, 0.5) is 5.69 Å². The van der Waals surface area contributed by atoms with E-state index < -0.39 is 0 Å². The molecule has 2 rings (SSSR count). The van der Waals surface area contributed by atoms with Gasteiger partial charge in [0.15, 0.2) is 6.29 Å². The van der Waals surface area contributed by atoms with Crippen LogP contribution in [0.3, 0.4) is 0 Å². The number of carbonyl (C=O) groups excluding carboxylic acids is 2. The van der Waals surface area contributed by atoms with Gasteiger partial charge in [0.2, 0.25) is 0 Å². The molecule has 1 fully saturated rings. The SMILES string of the molecule is COC(=O)C1CCN1c1cncc(C=O)c1. The molecule has 0 saturated carbocycles. The van der Waals surface area contributed by atoms with Gasteiger partial charge in [0.25, 0.3) is 0 Å². The fraction of sp³-hybridized carbons (Fsp3) is 0.364. The Morgan fingerprint density at radius 1 is 1.62 bits per heavy atom. The zero-order valence-corrected chi connectivity index (χ0v) is 8.92. The normalized spacial score (nSPS) is 18.8. The monoisotopic (exact) mass is 220 g/mol. The second kappa shape index (κ2) is 4.30. The van der Waals surface area contributed by atoms with Crippen LogP contribution in [-0.4, -0.2) is 36.9 Å². The van der Waals surface area contributed by atoms with Crippen LogP contribution >= 0.6 is 0 Å². The molecule has 1 saturated heterocycles. The lowest BCUT2D eigenvalue weighted by Crippen LogP contribution is -2.53. The van der Waals surface area contributed by atoms with Gasteiger partial charge >= 0.3 is 5.97 Å². The molecule has 0 bridgehead atoms. The maximum atomic E-state index is 11.4. The van der Waals surface area contributed by atoms with E-state index in [1.54, 1.807) is 12.3 Å². The highest BCUT2D eigenvalue weighted by Crippen LogP contribution is 2.26. The van der Waals surface area contributed by atoms with E-state index in [9.17, 15) is 9.59 Å². The summed E-state index contributed by atoms with van der Waals surface area (Å²) in [6.07, 6.45) is 4.65. The molecule has 5 heteroatoms. The highest BCUT2D eigenvalue weighted by Gasteiger charge is 2.35. The van der Waals surface area contributed by atoms with Crippen LogP contribution in [0.2, 0.25) is 0 Å². The van der Waals surface area contributed by atoms with Crippen LogP contribution in [-0.2, 0) is 9.53 Å². The Morgan fingerprint density at radius 3 is 3.00 bits per heavy atom. The summed E-state index contributed by atoms with van der Waals surface area (Å²) in [7, 11) is 1.37. The van der Waals surface area contributed by atoms with Crippen LogP contribution in [0.15, 0.2) is 18.5 Å². The Labute approximate surface area is 93.0 Å². The van der Waals surface area contributed by atoms with E-state index in [1.165, 1.54) is 13.3 Å². The van der Waals surface area contributed by atoms with Crippen molar-refractivity contribution in [1.29, 1.82) is 0 Å². The van der Waals surface area contributed by atoms with Gasteiger partial charge in [0, 0.05) is 18.3 Å². The molecule has 1 aromatic rings. The molecule has 5 nitrogen and oxygen atoms in total. The first-order valence-electron chi connectivity index (χ1n) is 5.01. The second-order valence-electron chi connectivity index (χ2n) is 3.62. The molecule has 0 aromatic carbocycles. The third-order valence-electron chi connectivity index (χ3n) is 2.71. The number of pyridine rings is 1. The Bertz CT molecular complexity index is 419. The molecule has 0 radical (unpaired) electrons. The molecule has 84 valence electrons. The van der Waals surface area contributed by atoms with Crippen LogP contribution in [0, 0.1) is 0 Å². The fourth-order valence-corrected chi connectivity index (χ4v) is 1.74. The van der Waals surface area contributed by atoms with Crippen molar-refractivity contribution in [3.8, 4) is 0 Å². The molecule has 0 N–H and O–H groups in total. The largest absolute Gasteiger partial charge is 0.467 e. The standard InChI is InChI=1S/C11H12N2O3/c1-16-11(15)10-2-3-13(10)9-4-8(7-14)5-12-6-9/h4-7,10H,2-3H2,1H3. The van der Waals surface area contributed by atoms with Gasteiger partial charge in [-0.1, -0.05) is 0 Å². The molecule has 0 amide bonds. The van der Waals surface area contributed by atoms with Gasteiger partial charge < -0.3 is 9.64 Å². The molecular weight excluding hydrogens is 208 g/mol. The average molecular weight is 220 g/mol. The maximum Gasteiger partial charge on any atom is 0.328 e. The lowest BCUT2D eigenvalue weighted by molar-refractivity contribution is -0.143. The lowest BCUT2D eigenvalue weighted by atomic mass is 10.0. The van der Waals surface area contributed by atoms with E-state index in [0.29, 0.717) is 5.56 Å². The van der Waals surface area contributed by atoms with E-state index in [0.717, 1.165) is 24.9 Å². The van der Waals surface area contributed by atoms with Crippen molar-refractivity contribution >= 4 is 17.9 Å². The summed E-state index contributed by atoms with van der Waals surface area (Å²) in [6, 6.07) is 1.48. The molecule has 0 aliphatic carbocycles. The quantitative estimate of drug-likeness (QED) is 0.552. The average Bonchev–Trinajstić information content (AvgIpc) is 2.27. The van der Waals surface area contributed by atoms with E-state index in [4.69, 9.17) is 4.74 Å². The number of rotatable bonds is 3. The third-order valence-corrected chi connectivity index (χ3v) is 2.71. The summed E-state index contributed by atoms with van der Waals surface area (Å²) in [6.45, 7) is 0.782. The summed E-state index contributed by atoms with van der Waals surface area (Å²) in [5.74, 6) is -0.247. The molecule has 0 spiro atoms. The molecule has 16 heavy (non-hydrogen) atoms. The smallest absolute Gasteiger partial charge is 0.328 e. The van der Waals surface area contributed by atoms with Gasteiger partial charge in [0.05, 0.1) is 19.0 Å². The number of aromatic nitrogens is 1. The number of nitrogens with zero attached hydrogens (tertiary/aromatic N) is 2. The Kier molecular flexibility index (Phi) is 2.85. The molecule has 1 atom stereocenters. The van der Waals surface area contributed by atoms with Gasteiger partial charge in [-0.05, 0) is 12.5 Å². The lowest BCUT2D eigenvalue weighted by Gasteiger charge is -2.40. The number of ether oxygens (including phenoxy) is 1. The van der Waals surface area contributed by atoms with Gasteiger partial charge in [-0.15, -0.1) is 0 Å². The van der Waals surface area contributed by atoms with Gasteiger partial charge in [-0.2, -0.15) is 0 Å². The van der Waals surface area contributed by atoms with Gasteiger partial charge in [-0.25, -0.2) is 4.79 Å². The third kappa shape index (κ3) is 1.76. The minimum absolute atomic E-state index is 0.242. The van der Waals surface area contributed by atoms with Crippen molar-refractivity contribution in [2.45, 2.75) is 12.5 Å². The van der Waals surface area contributed by atoms with E-state index in [1.807, 2.05) is 4.90 Å². The van der Waals surface area contributed by atoms with E-state index in [2.05, 4.69) is 4.98 Å². The fourth-order valence-electron chi connectivity index (χ4n) is 1.74. The van der Waals surface area contributed by atoms with Gasteiger partial charge in [0.1, 0.15) is 6.04 Å². The van der Waals surface area contributed by atoms with Crippen molar-refractivity contribution in [2.75, 3.05) is 18.6 Å². The summed E-state index contributed by atoms with van der Waals surface area (Å²) < 4.78 is 4.69. The van der Waals surface area contributed by atoms with Crippen molar-refractivity contribution in [3.63, 3.8) is 0 Å². The summed E-state index contributed by atoms with van der Waals surface area (Å²) in [4.78, 5) is 27.8. The molecule has 1 aliphatic rings. The maximum absolute atomic E-state index is 11.4. The van der Waals surface area contributed by atoms with Crippen LogP contribution in [0.25, 0.3) is 0 Å². The summed E-state index contributed by atoms with van der Waals surface area (Å²) in [5.41, 5.74) is 1.29. The van der Waals surface area contributed by atoms with Crippen LogP contribution < -0.4 is 4.90 Å². The van der Waals surface area contributed by atoms with Crippen LogP contribution in [0.5, 0.6) is 0 Å². The number of hydrogen-bond donors (Lipinski definition) is 0. The van der Waals surface area contributed by atoms with Crippen molar-refractivity contribution in [1.82, 2.24) is 4.98 Å². The molecule has 1 aliphatic heterocycles. The van der Waals surface area contributed by atoms with Crippen LogP contribution in [0.1, 0.15) is 16.8 Å². The zero-order valence-electron chi connectivity index (χ0n) is 8.92. The second-order valence-corrected chi connectivity index (χ2v) is 3.62. The number of methoxy groups -OCH3 is 1. The number of esters is 1. The highest BCUT2D eigenvalue weighted by atomic mass is 16.5. The van der Waals surface area contributed by atoms with Crippen molar-refractivity contribution in [3.05, 3.63) is 24.0 Å².